The van der Waals surface area contributed by atoms with Crippen LogP contribution in [0.1, 0.15) is 23.6 Å². The van der Waals surface area contributed by atoms with E-state index in [0.717, 1.165) is 38.0 Å². The van der Waals surface area contributed by atoms with E-state index in [2.05, 4.69) is 45.7 Å². The van der Waals surface area contributed by atoms with E-state index in [1.807, 2.05) is 0 Å². The number of amides is 2. The Hall–Kier alpha value is -2.97. The monoisotopic (exact) mass is 440 g/mol. The normalized spacial score (nSPS) is 17.4. The maximum atomic E-state index is 13.0. The lowest BCUT2D eigenvalue weighted by Gasteiger charge is -2.36. The van der Waals surface area contributed by atoms with Crippen LogP contribution in [0.2, 0.25) is 0 Å². The molecule has 0 spiro atoms. The zero-order valence-electron chi connectivity index (χ0n) is 18.3. The van der Waals surface area contributed by atoms with Crippen molar-refractivity contribution in [3.63, 3.8) is 0 Å². The highest BCUT2D eigenvalue weighted by Gasteiger charge is 2.26. The van der Waals surface area contributed by atoms with Crippen LogP contribution in [0.3, 0.4) is 0 Å². The van der Waals surface area contributed by atoms with Crippen LogP contribution in [-0.2, 0) is 20.7 Å². The fraction of sp³-hybridized carbons (Fsp3) is 0.417. The third-order valence-electron chi connectivity index (χ3n) is 6.09. The van der Waals surface area contributed by atoms with Crippen LogP contribution in [0.25, 0.3) is 0 Å². The predicted molar refractivity (Wildman–Crippen MR) is 121 cm³/mol. The summed E-state index contributed by atoms with van der Waals surface area (Å²) >= 11 is 0. The molecule has 2 heterocycles. The first-order valence-electron chi connectivity index (χ1n) is 11.0. The first-order chi connectivity index (χ1) is 15.5. The molecule has 4 rings (SSSR count). The summed E-state index contributed by atoms with van der Waals surface area (Å²) in [4.78, 5) is 29.3. The number of hydrogen-bond acceptors (Lipinski definition) is 5. The number of carbonyl (C=O) groups excluding carboxylic acids is 2. The quantitative estimate of drug-likeness (QED) is 0.699. The van der Waals surface area contributed by atoms with Gasteiger partial charge in [-0.2, -0.15) is 0 Å². The Balaban J connectivity index is 1.45. The number of hydrogen-bond donors (Lipinski definition) is 2. The highest BCUT2D eigenvalue weighted by atomic mass is 19.1. The molecule has 8 heteroatoms. The predicted octanol–water partition coefficient (Wildman–Crippen LogP) is 2.34. The second-order valence-electron chi connectivity index (χ2n) is 8.25. The van der Waals surface area contributed by atoms with Gasteiger partial charge in [-0.25, -0.2) is 4.39 Å². The van der Waals surface area contributed by atoms with Crippen LogP contribution in [0.5, 0.6) is 0 Å². The number of ether oxygens (including phenoxy) is 1. The molecular formula is C24H29FN4O3. The molecule has 0 bridgehead atoms. The van der Waals surface area contributed by atoms with Crippen molar-refractivity contribution in [3.8, 4) is 0 Å². The molecule has 2 N–H and O–H groups in total. The topological polar surface area (TPSA) is 73.9 Å². The van der Waals surface area contributed by atoms with Crippen molar-refractivity contribution in [1.29, 1.82) is 0 Å². The van der Waals surface area contributed by atoms with E-state index in [4.69, 9.17) is 4.74 Å². The van der Waals surface area contributed by atoms with Crippen LogP contribution < -0.4 is 15.5 Å². The average molecular weight is 441 g/mol. The minimum Gasteiger partial charge on any atom is -0.379 e. The summed E-state index contributed by atoms with van der Waals surface area (Å²) in [6, 6.07) is 11.7. The fourth-order valence-corrected chi connectivity index (χ4v) is 4.35. The van der Waals surface area contributed by atoms with Gasteiger partial charge in [-0.15, -0.1) is 0 Å². The number of nitrogens with zero attached hydrogens (tertiary/aromatic N) is 2. The summed E-state index contributed by atoms with van der Waals surface area (Å²) in [5.41, 5.74) is 4.06. The summed E-state index contributed by atoms with van der Waals surface area (Å²) in [5.74, 6) is -1.90. The van der Waals surface area contributed by atoms with E-state index in [0.29, 0.717) is 25.4 Å². The van der Waals surface area contributed by atoms with Gasteiger partial charge in [0.1, 0.15) is 5.82 Å². The second-order valence-corrected chi connectivity index (χ2v) is 8.25. The molecule has 0 radical (unpaired) electrons. The Labute approximate surface area is 187 Å². The van der Waals surface area contributed by atoms with Crippen LogP contribution in [0, 0.1) is 5.82 Å². The molecular weight excluding hydrogens is 411 g/mol. The Kier molecular flexibility index (Phi) is 7.02. The first-order valence-corrected chi connectivity index (χ1v) is 11.0. The maximum absolute atomic E-state index is 13.0. The van der Waals surface area contributed by atoms with Gasteiger partial charge in [0.15, 0.2) is 0 Å². The van der Waals surface area contributed by atoms with Gasteiger partial charge in [0.25, 0.3) is 0 Å². The molecule has 1 saturated heterocycles. The number of anilines is 2. The Morgan fingerprint density at radius 1 is 1.06 bits per heavy atom. The van der Waals surface area contributed by atoms with Crippen molar-refractivity contribution in [2.24, 2.45) is 0 Å². The molecule has 2 aliphatic rings. The number of morpholine rings is 1. The molecule has 2 amide bonds. The molecule has 2 aliphatic heterocycles. The number of carbonyl (C=O) groups is 2. The molecule has 2 aromatic rings. The van der Waals surface area contributed by atoms with Gasteiger partial charge in [0.05, 0.1) is 19.3 Å². The van der Waals surface area contributed by atoms with Gasteiger partial charge < -0.3 is 20.3 Å². The molecule has 2 aromatic carbocycles. The lowest BCUT2D eigenvalue weighted by Crippen LogP contribution is -2.45. The summed E-state index contributed by atoms with van der Waals surface area (Å²) in [5, 5.41) is 5.28. The summed E-state index contributed by atoms with van der Waals surface area (Å²) in [6.45, 7) is 4.17. The van der Waals surface area contributed by atoms with E-state index in [-0.39, 0.29) is 6.04 Å². The van der Waals surface area contributed by atoms with Crippen molar-refractivity contribution in [1.82, 2.24) is 10.2 Å². The van der Waals surface area contributed by atoms with Crippen LogP contribution in [-0.4, -0.2) is 63.2 Å². The molecule has 0 saturated carbocycles. The zero-order valence-corrected chi connectivity index (χ0v) is 18.3. The van der Waals surface area contributed by atoms with E-state index < -0.39 is 17.6 Å². The largest absolute Gasteiger partial charge is 0.379 e. The molecule has 7 nitrogen and oxygen atoms in total. The van der Waals surface area contributed by atoms with Crippen molar-refractivity contribution in [2.45, 2.75) is 18.9 Å². The van der Waals surface area contributed by atoms with E-state index in [9.17, 15) is 14.0 Å². The van der Waals surface area contributed by atoms with Crippen molar-refractivity contribution < 1.29 is 18.7 Å². The molecule has 0 aromatic heterocycles. The van der Waals surface area contributed by atoms with E-state index in [1.54, 1.807) is 0 Å². The standard InChI is InChI=1S/C24H29FN4O3/c1-28-10-2-3-17-15-18(4-9-21(17)28)22(29-11-13-32-14-12-29)16-26-23(30)24(31)27-20-7-5-19(25)6-8-20/h4-9,15,22H,2-3,10-14,16H2,1H3,(H,26,30)(H,27,31)/t22-/m0/s1. The van der Waals surface area contributed by atoms with Crippen LogP contribution >= 0.6 is 0 Å². The van der Waals surface area contributed by atoms with Crippen LogP contribution in [0.4, 0.5) is 15.8 Å². The molecule has 0 unspecified atom stereocenters. The summed E-state index contributed by atoms with van der Waals surface area (Å²) in [6.07, 6.45) is 2.16. The number of rotatable bonds is 5. The van der Waals surface area contributed by atoms with Crippen LogP contribution in [0.15, 0.2) is 42.5 Å². The number of benzene rings is 2. The number of halogens is 1. The van der Waals surface area contributed by atoms with Gasteiger partial charge in [0, 0.05) is 44.6 Å². The highest BCUT2D eigenvalue weighted by Crippen LogP contribution is 2.30. The minimum absolute atomic E-state index is 0.0565. The van der Waals surface area contributed by atoms with E-state index in [1.165, 1.54) is 35.5 Å². The van der Waals surface area contributed by atoms with Crippen molar-refractivity contribution >= 4 is 23.2 Å². The minimum atomic E-state index is -0.774. The Morgan fingerprint density at radius 3 is 2.56 bits per heavy atom. The van der Waals surface area contributed by atoms with Gasteiger partial charge >= 0.3 is 11.8 Å². The lowest BCUT2D eigenvalue weighted by atomic mass is 9.95. The van der Waals surface area contributed by atoms with Gasteiger partial charge in [-0.1, -0.05) is 12.1 Å². The average Bonchev–Trinajstić information content (AvgIpc) is 2.81. The molecule has 170 valence electrons. The van der Waals surface area contributed by atoms with Gasteiger partial charge in [-0.3, -0.25) is 14.5 Å². The third-order valence-corrected chi connectivity index (χ3v) is 6.09. The van der Waals surface area contributed by atoms with E-state index >= 15 is 0 Å². The number of aryl methyl sites for hydroxylation is 1. The highest BCUT2D eigenvalue weighted by molar-refractivity contribution is 6.39. The molecule has 1 fully saturated rings. The maximum Gasteiger partial charge on any atom is 0.313 e. The Morgan fingerprint density at radius 2 is 1.81 bits per heavy atom. The number of fused-ring (bicyclic) bond motifs is 1. The van der Waals surface area contributed by atoms with Gasteiger partial charge in [0.2, 0.25) is 0 Å². The molecule has 0 aliphatic carbocycles. The Bertz CT molecular complexity index is 960. The second kappa shape index (κ2) is 10.1. The number of nitrogens with one attached hydrogen (secondary N) is 2. The van der Waals surface area contributed by atoms with Gasteiger partial charge in [-0.05, 0) is 54.3 Å². The fourth-order valence-electron chi connectivity index (χ4n) is 4.35. The smallest absolute Gasteiger partial charge is 0.313 e. The summed E-state index contributed by atoms with van der Waals surface area (Å²) < 4.78 is 18.6. The van der Waals surface area contributed by atoms with Crippen molar-refractivity contribution in [2.75, 3.05) is 56.7 Å². The van der Waals surface area contributed by atoms with Crippen molar-refractivity contribution in [3.05, 3.63) is 59.4 Å². The SMILES string of the molecule is CN1CCCc2cc([C@H](CNC(=O)C(=O)Nc3ccc(F)cc3)N3CCOCC3)ccc21. The molecule has 1 atom stereocenters. The lowest BCUT2D eigenvalue weighted by molar-refractivity contribution is -0.136. The third kappa shape index (κ3) is 5.26. The first kappa shape index (κ1) is 22.2. The molecule has 32 heavy (non-hydrogen) atoms. The zero-order chi connectivity index (χ0) is 22.5. The summed E-state index contributed by atoms with van der Waals surface area (Å²) in [7, 11) is 2.11.